The van der Waals surface area contributed by atoms with Crippen molar-refractivity contribution < 1.29 is 9.59 Å². The van der Waals surface area contributed by atoms with Crippen LogP contribution in [0.1, 0.15) is 75.4 Å². The molecule has 0 atom stereocenters. The van der Waals surface area contributed by atoms with Crippen LogP contribution in [-0.2, 0) is 0 Å². The van der Waals surface area contributed by atoms with Crippen LogP contribution in [0, 0.1) is 18.3 Å². The van der Waals surface area contributed by atoms with Crippen LogP contribution in [0.4, 0.5) is 11.5 Å². The van der Waals surface area contributed by atoms with Crippen LogP contribution < -0.4 is 10.2 Å². The molecule has 2 aliphatic heterocycles. The third-order valence-corrected chi connectivity index (χ3v) is 7.71. The highest BCUT2D eigenvalue weighted by Crippen LogP contribution is 2.29. The fourth-order valence-corrected chi connectivity index (χ4v) is 5.37. The molecule has 0 saturated carbocycles. The Bertz CT molecular complexity index is 1350. The van der Waals surface area contributed by atoms with Crippen molar-refractivity contribution in [3.63, 3.8) is 0 Å². The number of amides is 2. The molecule has 2 amide bonds. The van der Waals surface area contributed by atoms with Gasteiger partial charge < -0.3 is 15.1 Å². The number of piperidine rings is 2. The maximum atomic E-state index is 13.3. The fourth-order valence-electron chi connectivity index (χ4n) is 5.37. The highest BCUT2D eigenvalue weighted by atomic mass is 16.2. The SMILES string of the molecule is Cc1ccc(C(=O)N2CCC(c3ccc(C#N)cc3)CC2)cc1NC(=O)c1ccnc(N2CCCCC2)c1. The first kappa shape index (κ1) is 25.5. The van der Waals surface area contributed by atoms with Crippen LogP contribution in [0.5, 0.6) is 0 Å². The van der Waals surface area contributed by atoms with Crippen LogP contribution in [0.3, 0.4) is 0 Å². The van der Waals surface area contributed by atoms with Gasteiger partial charge in [0.15, 0.2) is 0 Å². The zero-order valence-corrected chi connectivity index (χ0v) is 21.8. The molecule has 5 rings (SSSR count). The number of rotatable bonds is 5. The second kappa shape index (κ2) is 11.5. The minimum Gasteiger partial charge on any atom is -0.357 e. The molecule has 1 aromatic heterocycles. The first-order valence-electron chi connectivity index (χ1n) is 13.4. The Morgan fingerprint density at radius 2 is 1.66 bits per heavy atom. The molecule has 0 radical (unpaired) electrons. The normalized spacial score (nSPS) is 16.1. The van der Waals surface area contributed by atoms with Gasteiger partial charge in [-0.1, -0.05) is 18.2 Å². The minimum absolute atomic E-state index is 0.0185. The van der Waals surface area contributed by atoms with Gasteiger partial charge >= 0.3 is 0 Å². The molecule has 3 aromatic rings. The Kier molecular flexibility index (Phi) is 7.69. The molecule has 2 saturated heterocycles. The number of pyridine rings is 1. The van der Waals surface area contributed by atoms with Crippen molar-refractivity contribution in [3.8, 4) is 6.07 Å². The van der Waals surface area contributed by atoms with E-state index in [-0.39, 0.29) is 11.8 Å². The van der Waals surface area contributed by atoms with Crippen LogP contribution in [-0.4, -0.2) is 47.9 Å². The number of nitriles is 1. The molecule has 0 bridgehead atoms. The van der Waals surface area contributed by atoms with Gasteiger partial charge in [0.1, 0.15) is 5.82 Å². The topological polar surface area (TPSA) is 89.3 Å². The number of anilines is 2. The average Bonchev–Trinajstić information content (AvgIpc) is 2.98. The number of carbonyl (C=O) groups is 2. The summed E-state index contributed by atoms with van der Waals surface area (Å²) < 4.78 is 0. The van der Waals surface area contributed by atoms with E-state index in [1.165, 1.54) is 12.0 Å². The lowest BCUT2D eigenvalue weighted by Gasteiger charge is -2.32. The van der Waals surface area contributed by atoms with Crippen molar-refractivity contribution in [3.05, 3.63) is 88.6 Å². The van der Waals surface area contributed by atoms with E-state index in [0.29, 0.717) is 41.4 Å². The standard InChI is InChI=1S/C31H33N5O2/c1-22-5-8-27(31(38)36-17-12-25(13-18-36)24-9-6-23(21-32)7-10-24)19-28(22)34-30(37)26-11-14-33-29(20-26)35-15-3-2-4-16-35/h5-11,14,19-20,25H,2-4,12-13,15-18H2,1H3,(H,34,37). The molecular formula is C31H33N5O2. The number of nitrogens with one attached hydrogen (secondary N) is 1. The largest absolute Gasteiger partial charge is 0.357 e. The van der Waals surface area contributed by atoms with Gasteiger partial charge in [-0.25, -0.2) is 4.98 Å². The zero-order chi connectivity index (χ0) is 26.5. The lowest BCUT2D eigenvalue weighted by atomic mass is 9.89. The van der Waals surface area contributed by atoms with Crippen molar-refractivity contribution >= 4 is 23.3 Å². The van der Waals surface area contributed by atoms with Crippen LogP contribution in [0.15, 0.2) is 60.8 Å². The van der Waals surface area contributed by atoms with E-state index in [2.05, 4.69) is 21.3 Å². The summed E-state index contributed by atoms with van der Waals surface area (Å²) in [6, 6.07) is 19.0. The summed E-state index contributed by atoms with van der Waals surface area (Å²) in [5.74, 6) is 0.994. The monoisotopic (exact) mass is 507 g/mol. The summed E-state index contributed by atoms with van der Waals surface area (Å²) in [5.41, 5.74) is 4.56. The number of hydrogen-bond acceptors (Lipinski definition) is 5. The van der Waals surface area contributed by atoms with Crippen molar-refractivity contribution in [2.75, 3.05) is 36.4 Å². The highest BCUT2D eigenvalue weighted by molar-refractivity contribution is 6.06. The van der Waals surface area contributed by atoms with Crippen molar-refractivity contribution in [2.45, 2.75) is 44.9 Å². The van der Waals surface area contributed by atoms with E-state index < -0.39 is 0 Å². The van der Waals surface area contributed by atoms with E-state index >= 15 is 0 Å². The molecule has 0 spiro atoms. The predicted molar refractivity (Wildman–Crippen MR) is 148 cm³/mol. The summed E-state index contributed by atoms with van der Waals surface area (Å²) in [6.07, 6.45) is 6.98. The first-order valence-corrected chi connectivity index (χ1v) is 13.4. The van der Waals surface area contributed by atoms with Crippen LogP contribution >= 0.6 is 0 Å². The Hall–Kier alpha value is -4.18. The van der Waals surface area contributed by atoms with Crippen molar-refractivity contribution in [2.24, 2.45) is 0 Å². The van der Waals surface area contributed by atoms with Crippen molar-refractivity contribution in [1.29, 1.82) is 5.26 Å². The smallest absolute Gasteiger partial charge is 0.255 e. The minimum atomic E-state index is -0.207. The van der Waals surface area contributed by atoms with Crippen LogP contribution in [0.25, 0.3) is 0 Å². The summed E-state index contributed by atoms with van der Waals surface area (Å²) in [6.45, 7) is 5.21. The van der Waals surface area contributed by atoms with Gasteiger partial charge in [-0.2, -0.15) is 5.26 Å². The number of hydrogen-bond donors (Lipinski definition) is 1. The Morgan fingerprint density at radius 3 is 2.37 bits per heavy atom. The first-order chi connectivity index (χ1) is 18.5. The van der Waals surface area contributed by atoms with E-state index in [4.69, 9.17) is 5.26 Å². The number of nitrogens with zero attached hydrogens (tertiary/aromatic N) is 4. The molecular weight excluding hydrogens is 474 g/mol. The fraction of sp³-hybridized carbons (Fsp3) is 0.355. The third kappa shape index (κ3) is 5.70. The Labute approximate surface area is 224 Å². The van der Waals surface area contributed by atoms with Gasteiger partial charge in [-0.05, 0) is 92.5 Å². The number of aryl methyl sites for hydroxylation is 1. The molecule has 7 nitrogen and oxygen atoms in total. The number of aromatic nitrogens is 1. The molecule has 38 heavy (non-hydrogen) atoms. The summed E-state index contributed by atoms with van der Waals surface area (Å²) in [7, 11) is 0. The lowest BCUT2D eigenvalue weighted by Crippen LogP contribution is -2.38. The number of carbonyl (C=O) groups excluding carboxylic acids is 2. The van der Waals surface area contributed by atoms with Gasteiger partial charge in [0.2, 0.25) is 0 Å². The van der Waals surface area contributed by atoms with Crippen molar-refractivity contribution in [1.82, 2.24) is 9.88 Å². The van der Waals surface area contributed by atoms with Gasteiger partial charge in [0.25, 0.3) is 11.8 Å². The third-order valence-electron chi connectivity index (χ3n) is 7.71. The zero-order valence-electron chi connectivity index (χ0n) is 21.8. The van der Waals surface area contributed by atoms with Gasteiger partial charge in [0.05, 0.1) is 11.6 Å². The molecule has 2 fully saturated rings. The molecule has 1 N–H and O–H groups in total. The predicted octanol–water partition coefficient (Wildman–Crippen LogP) is 5.52. The second-order valence-electron chi connectivity index (χ2n) is 10.2. The second-order valence-corrected chi connectivity index (χ2v) is 10.2. The molecule has 0 aliphatic carbocycles. The number of benzene rings is 2. The highest BCUT2D eigenvalue weighted by Gasteiger charge is 2.25. The summed E-state index contributed by atoms with van der Waals surface area (Å²) >= 11 is 0. The van der Waals surface area contributed by atoms with Gasteiger partial charge in [-0.3, -0.25) is 9.59 Å². The molecule has 194 valence electrons. The molecule has 2 aromatic carbocycles. The summed E-state index contributed by atoms with van der Waals surface area (Å²) in [4.78, 5) is 35.1. The van der Waals surface area contributed by atoms with Crippen LogP contribution in [0.2, 0.25) is 0 Å². The quantitative estimate of drug-likeness (QED) is 0.491. The van der Waals surface area contributed by atoms with E-state index in [9.17, 15) is 9.59 Å². The average molecular weight is 508 g/mol. The van der Waals surface area contributed by atoms with E-state index in [0.717, 1.165) is 50.2 Å². The van der Waals surface area contributed by atoms with Gasteiger partial charge in [0, 0.05) is 49.2 Å². The molecule has 7 heteroatoms. The summed E-state index contributed by atoms with van der Waals surface area (Å²) in [5, 5.41) is 12.0. The molecule has 0 unspecified atom stereocenters. The molecule has 2 aliphatic rings. The van der Waals surface area contributed by atoms with Gasteiger partial charge in [-0.15, -0.1) is 0 Å². The molecule has 3 heterocycles. The Balaban J connectivity index is 1.23. The Morgan fingerprint density at radius 1 is 0.921 bits per heavy atom. The maximum absolute atomic E-state index is 13.3. The van der Waals surface area contributed by atoms with E-state index in [1.54, 1.807) is 18.3 Å². The number of likely N-dealkylation sites (tertiary alicyclic amines) is 1. The maximum Gasteiger partial charge on any atom is 0.255 e. The van der Waals surface area contributed by atoms with E-state index in [1.807, 2.05) is 54.3 Å². The lowest BCUT2D eigenvalue weighted by molar-refractivity contribution is 0.0712.